The van der Waals surface area contributed by atoms with Crippen LogP contribution in [-0.4, -0.2) is 68.5 Å². The summed E-state index contributed by atoms with van der Waals surface area (Å²) in [6.07, 6.45) is 59.7. The molecule has 0 radical (unpaired) electrons. The topological polar surface area (TPSA) is 108 Å². The number of nitrogens with zero attached hydrogens (tertiary/aromatic N) is 1. The lowest BCUT2D eigenvalue weighted by atomic mass is 10.0. The van der Waals surface area contributed by atoms with E-state index in [0.29, 0.717) is 17.4 Å². The SMILES string of the molecule is CC/C=C\C/C=C\C/C=C\C/C=C\C/C=C\CCCC(=O)NC(COP(=O)([O-])OCC[N+](C)(C)C)C(O)/C=C/CCCCCCCCCCCCCCCCCCCCCCC. The Bertz CT molecular complexity index is 1240. The number of rotatable bonds is 45. The first-order chi connectivity index (χ1) is 30.0. The van der Waals surface area contributed by atoms with Crippen molar-refractivity contribution < 1.29 is 32.9 Å². The summed E-state index contributed by atoms with van der Waals surface area (Å²) in [5.74, 6) is -0.255. The summed E-state index contributed by atoms with van der Waals surface area (Å²) < 4.78 is 23.2. The summed E-state index contributed by atoms with van der Waals surface area (Å²) in [5.41, 5.74) is 0. The highest BCUT2D eigenvalue weighted by atomic mass is 31.2. The molecule has 360 valence electrons. The van der Waals surface area contributed by atoms with E-state index in [1.807, 2.05) is 27.2 Å². The number of carbonyl (C=O) groups excluding carboxylic acids is 1. The van der Waals surface area contributed by atoms with Gasteiger partial charge in [-0.2, -0.15) is 0 Å². The van der Waals surface area contributed by atoms with Gasteiger partial charge in [0, 0.05) is 6.42 Å². The molecule has 0 aromatic heterocycles. The number of hydrogen-bond donors (Lipinski definition) is 2. The zero-order valence-electron chi connectivity index (χ0n) is 40.8. The Morgan fingerprint density at radius 1 is 0.581 bits per heavy atom. The van der Waals surface area contributed by atoms with Crippen LogP contribution in [0.25, 0.3) is 0 Å². The number of amides is 1. The number of unbranched alkanes of at least 4 members (excludes halogenated alkanes) is 22. The molecular formula is C53H97N2O6P. The van der Waals surface area contributed by atoms with Gasteiger partial charge in [-0.15, -0.1) is 0 Å². The fraction of sp³-hybridized carbons (Fsp3) is 0.755. The maximum absolute atomic E-state index is 12.9. The van der Waals surface area contributed by atoms with Gasteiger partial charge in [0.1, 0.15) is 13.2 Å². The van der Waals surface area contributed by atoms with Crippen molar-refractivity contribution >= 4 is 13.7 Å². The van der Waals surface area contributed by atoms with Gasteiger partial charge in [-0.3, -0.25) is 9.36 Å². The van der Waals surface area contributed by atoms with Crippen LogP contribution in [0.4, 0.5) is 0 Å². The van der Waals surface area contributed by atoms with E-state index < -0.39 is 26.6 Å². The van der Waals surface area contributed by atoms with Gasteiger partial charge in [0.15, 0.2) is 0 Å². The molecule has 0 fully saturated rings. The maximum Gasteiger partial charge on any atom is 0.268 e. The van der Waals surface area contributed by atoms with Gasteiger partial charge in [0.25, 0.3) is 7.82 Å². The second-order valence-electron chi connectivity index (χ2n) is 18.1. The molecule has 0 rings (SSSR count). The Morgan fingerprint density at radius 3 is 1.42 bits per heavy atom. The second-order valence-corrected chi connectivity index (χ2v) is 19.6. The van der Waals surface area contributed by atoms with Crippen LogP contribution in [0.5, 0.6) is 0 Å². The molecule has 9 heteroatoms. The zero-order chi connectivity index (χ0) is 45.7. The van der Waals surface area contributed by atoms with Gasteiger partial charge < -0.3 is 28.8 Å². The number of hydrogen-bond acceptors (Lipinski definition) is 6. The Morgan fingerprint density at radius 2 is 0.984 bits per heavy atom. The van der Waals surface area contributed by atoms with Crippen molar-refractivity contribution in [3.8, 4) is 0 Å². The first kappa shape index (κ1) is 59.9. The van der Waals surface area contributed by atoms with Crippen molar-refractivity contribution in [3.05, 3.63) is 72.9 Å². The molecule has 0 saturated heterocycles. The zero-order valence-corrected chi connectivity index (χ0v) is 41.7. The fourth-order valence-corrected chi connectivity index (χ4v) is 7.68. The van der Waals surface area contributed by atoms with Crippen molar-refractivity contribution in [3.63, 3.8) is 0 Å². The third kappa shape index (κ3) is 45.9. The molecule has 3 atom stereocenters. The predicted octanol–water partition coefficient (Wildman–Crippen LogP) is 14.1. The quantitative estimate of drug-likeness (QED) is 0.0273. The molecule has 3 unspecified atom stereocenters. The van der Waals surface area contributed by atoms with E-state index in [4.69, 9.17) is 9.05 Å². The number of phosphoric ester groups is 1. The minimum atomic E-state index is -4.61. The Labute approximate surface area is 383 Å². The molecule has 62 heavy (non-hydrogen) atoms. The van der Waals surface area contributed by atoms with Gasteiger partial charge in [-0.1, -0.05) is 215 Å². The lowest BCUT2D eigenvalue weighted by molar-refractivity contribution is -0.870. The maximum atomic E-state index is 12.9. The molecule has 1 amide bonds. The Hall–Kier alpha value is -2.06. The molecule has 0 aromatic rings. The van der Waals surface area contributed by atoms with Crippen LogP contribution in [0.1, 0.15) is 206 Å². The number of nitrogens with one attached hydrogen (secondary N) is 1. The average Bonchev–Trinajstić information content (AvgIpc) is 3.23. The molecular weight excluding hydrogens is 792 g/mol. The number of aliphatic hydroxyl groups is 1. The van der Waals surface area contributed by atoms with E-state index in [1.54, 1.807) is 6.08 Å². The minimum Gasteiger partial charge on any atom is -0.756 e. The van der Waals surface area contributed by atoms with Crippen LogP contribution in [0, 0.1) is 0 Å². The third-order valence-corrected chi connectivity index (χ3v) is 11.9. The lowest BCUT2D eigenvalue weighted by Crippen LogP contribution is -2.45. The van der Waals surface area contributed by atoms with E-state index in [0.717, 1.165) is 57.8 Å². The highest BCUT2D eigenvalue weighted by molar-refractivity contribution is 7.45. The van der Waals surface area contributed by atoms with E-state index in [-0.39, 0.29) is 18.9 Å². The number of likely N-dealkylation sites (N-methyl/N-ethyl adjacent to an activating group) is 1. The average molecular weight is 889 g/mol. The largest absolute Gasteiger partial charge is 0.756 e. The van der Waals surface area contributed by atoms with E-state index in [2.05, 4.69) is 79.9 Å². The highest BCUT2D eigenvalue weighted by Crippen LogP contribution is 2.38. The van der Waals surface area contributed by atoms with Crippen molar-refractivity contribution in [1.82, 2.24) is 5.32 Å². The Balaban J connectivity index is 4.39. The highest BCUT2D eigenvalue weighted by Gasteiger charge is 2.23. The lowest BCUT2D eigenvalue weighted by Gasteiger charge is -2.29. The molecule has 0 aliphatic heterocycles. The number of quaternary nitrogens is 1. The normalized spacial score (nSPS) is 14.8. The van der Waals surface area contributed by atoms with Crippen LogP contribution >= 0.6 is 7.82 Å². The summed E-state index contributed by atoms with van der Waals surface area (Å²) in [5, 5.41) is 13.8. The van der Waals surface area contributed by atoms with E-state index in [1.165, 1.54) is 122 Å². The molecule has 0 saturated carbocycles. The van der Waals surface area contributed by atoms with Crippen molar-refractivity contribution in [1.29, 1.82) is 0 Å². The van der Waals surface area contributed by atoms with Gasteiger partial charge in [-0.05, 0) is 57.8 Å². The first-order valence-electron chi connectivity index (χ1n) is 25.3. The summed E-state index contributed by atoms with van der Waals surface area (Å²) >= 11 is 0. The van der Waals surface area contributed by atoms with Crippen LogP contribution in [-0.2, 0) is 18.4 Å². The predicted molar refractivity (Wildman–Crippen MR) is 265 cm³/mol. The molecule has 0 aromatic carbocycles. The first-order valence-corrected chi connectivity index (χ1v) is 26.8. The smallest absolute Gasteiger partial charge is 0.268 e. The summed E-state index contributed by atoms with van der Waals surface area (Å²) in [6.45, 7) is 4.49. The molecule has 2 N–H and O–H groups in total. The van der Waals surface area contributed by atoms with Gasteiger partial charge in [0.2, 0.25) is 5.91 Å². The van der Waals surface area contributed by atoms with E-state index in [9.17, 15) is 19.4 Å². The monoisotopic (exact) mass is 889 g/mol. The third-order valence-electron chi connectivity index (χ3n) is 10.9. The number of carbonyl (C=O) groups is 1. The van der Waals surface area contributed by atoms with Crippen molar-refractivity contribution in [2.75, 3.05) is 40.9 Å². The Kier molecular flexibility index (Phi) is 42.7. The molecule has 8 nitrogen and oxygen atoms in total. The summed E-state index contributed by atoms with van der Waals surface area (Å²) in [7, 11) is 1.22. The fourth-order valence-electron chi connectivity index (χ4n) is 6.95. The van der Waals surface area contributed by atoms with Crippen molar-refractivity contribution in [2.24, 2.45) is 0 Å². The second kappa shape index (κ2) is 44.2. The van der Waals surface area contributed by atoms with Crippen LogP contribution in [0.2, 0.25) is 0 Å². The molecule has 0 aliphatic rings. The minimum absolute atomic E-state index is 0.0148. The van der Waals surface area contributed by atoms with Gasteiger partial charge >= 0.3 is 0 Å². The van der Waals surface area contributed by atoms with Crippen molar-refractivity contribution in [2.45, 2.75) is 219 Å². The molecule has 0 bridgehead atoms. The summed E-state index contributed by atoms with van der Waals surface area (Å²) in [4.78, 5) is 25.4. The van der Waals surface area contributed by atoms with Crippen LogP contribution in [0.3, 0.4) is 0 Å². The van der Waals surface area contributed by atoms with Gasteiger partial charge in [0.05, 0.1) is 39.9 Å². The van der Waals surface area contributed by atoms with Gasteiger partial charge in [-0.25, -0.2) is 0 Å². The van der Waals surface area contributed by atoms with Crippen LogP contribution < -0.4 is 10.2 Å². The number of aliphatic hydroxyl groups excluding tert-OH is 1. The van der Waals surface area contributed by atoms with Crippen LogP contribution in [0.15, 0.2) is 72.9 Å². The standard InChI is InChI=1S/C53H97N2O6P/c1-6-8-10-12-14-16-18-20-22-24-25-26-27-28-29-31-32-34-36-38-40-42-44-46-52(56)51(50-61-62(58,59)60-49-48-55(3,4)5)54-53(57)47-45-43-41-39-37-35-33-30-23-21-19-17-15-13-11-9-7-2/h9,11,15,17,21,23,33,35,39,41,44,46,51-52,56H,6-8,10,12-14,16,18-20,22,24-32,34,36-38,40,42-43,45,47-50H2,1-5H3,(H-,54,57,58,59)/b11-9-,17-15-,23-21-,35-33-,41-39-,46-44+. The molecule has 0 heterocycles. The summed E-state index contributed by atoms with van der Waals surface area (Å²) in [6, 6.07) is -0.920. The molecule has 0 aliphatic carbocycles. The van der Waals surface area contributed by atoms with E-state index >= 15 is 0 Å². The number of phosphoric acid groups is 1. The number of allylic oxidation sites excluding steroid dienone is 11. The molecule has 0 spiro atoms.